The molecule has 24 heavy (non-hydrogen) atoms. The molecule has 6 heteroatoms. The zero-order valence-electron chi connectivity index (χ0n) is 14.2. The highest BCUT2D eigenvalue weighted by Crippen LogP contribution is 2.23. The molecule has 0 aromatic heterocycles. The fourth-order valence-corrected chi connectivity index (χ4v) is 3.35. The Morgan fingerprint density at radius 3 is 2.25 bits per heavy atom. The van der Waals surface area contributed by atoms with E-state index in [4.69, 9.17) is 23.2 Å². The lowest BCUT2D eigenvalue weighted by atomic mass is 10.0. The van der Waals surface area contributed by atoms with Crippen molar-refractivity contribution in [3.63, 3.8) is 0 Å². The molecule has 0 spiro atoms. The van der Waals surface area contributed by atoms with Crippen molar-refractivity contribution in [3.05, 3.63) is 33.8 Å². The number of amides is 2. The van der Waals surface area contributed by atoms with Crippen LogP contribution in [-0.4, -0.2) is 47.8 Å². The first kappa shape index (κ1) is 19.1. The molecule has 1 saturated heterocycles. The van der Waals surface area contributed by atoms with Crippen molar-refractivity contribution in [2.75, 3.05) is 26.2 Å². The van der Waals surface area contributed by atoms with Crippen molar-refractivity contribution < 1.29 is 9.59 Å². The highest BCUT2D eigenvalue weighted by Gasteiger charge is 2.26. The van der Waals surface area contributed by atoms with E-state index in [1.165, 1.54) is 0 Å². The van der Waals surface area contributed by atoms with E-state index in [2.05, 4.69) is 0 Å². The molecular weight excluding hydrogens is 347 g/mol. The summed E-state index contributed by atoms with van der Waals surface area (Å²) in [5.74, 6) is 0.233. The summed E-state index contributed by atoms with van der Waals surface area (Å²) in [5, 5.41) is 0.814. The van der Waals surface area contributed by atoms with Crippen LogP contribution in [0, 0.1) is 5.92 Å². The van der Waals surface area contributed by atoms with E-state index in [9.17, 15) is 9.59 Å². The summed E-state index contributed by atoms with van der Waals surface area (Å²) in [5.41, 5.74) is 0.532. The Hall–Kier alpha value is -1.26. The lowest BCUT2D eigenvalue weighted by molar-refractivity contribution is -0.135. The Bertz CT molecular complexity index is 603. The summed E-state index contributed by atoms with van der Waals surface area (Å²) in [4.78, 5) is 28.9. The van der Waals surface area contributed by atoms with Gasteiger partial charge >= 0.3 is 0 Å². The van der Waals surface area contributed by atoms with E-state index in [0.29, 0.717) is 41.8 Å². The second-order valence-corrected chi connectivity index (χ2v) is 6.93. The van der Waals surface area contributed by atoms with Crippen LogP contribution in [0.3, 0.4) is 0 Å². The number of carbonyl (C=O) groups is 2. The SMILES string of the molecule is CCC(CC)C(=O)N1CCCN(C(=O)c2ccc(Cl)c(Cl)c2)CC1. The summed E-state index contributed by atoms with van der Waals surface area (Å²) < 4.78 is 0. The number of halogens is 2. The largest absolute Gasteiger partial charge is 0.341 e. The maximum atomic E-state index is 12.7. The molecular formula is C18H24Cl2N2O2. The fraction of sp³-hybridized carbons (Fsp3) is 0.556. The molecule has 0 saturated carbocycles. The molecule has 0 aliphatic carbocycles. The molecule has 1 aliphatic rings. The van der Waals surface area contributed by atoms with Gasteiger partial charge in [-0.2, -0.15) is 0 Å². The predicted molar refractivity (Wildman–Crippen MR) is 97.6 cm³/mol. The minimum atomic E-state index is -0.0644. The molecule has 1 heterocycles. The topological polar surface area (TPSA) is 40.6 Å². The number of carbonyl (C=O) groups excluding carboxylic acids is 2. The van der Waals surface area contributed by atoms with Gasteiger partial charge in [-0.3, -0.25) is 9.59 Å². The lowest BCUT2D eigenvalue weighted by Gasteiger charge is -2.25. The third kappa shape index (κ3) is 4.42. The average molecular weight is 371 g/mol. The molecule has 1 aromatic carbocycles. The summed E-state index contributed by atoms with van der Waals surface area (Å²) in [6.07, 6.45) is 2.51. The van der Waals surface area contributed by atoms with E-state index in [1.54, 1.807) is 23.1 Å². The first-order chi connectivity index (χ1) is 11.5. The molecule has 0 radical (unpaired) electrons. The van der Waals surface area contributed by atoms with Gasteiger partial charge in [0.1, 0.15) is 0 Å². The Morgan fingerprint density at radius 1 is 1.00 bits per heavy atom. The van der Waals surface area contributed by atoms with Gasteiger partial charge in [-0.1, -0.05) is 37.0 Å². The maximum Gasteiger partial charge on any atom is 0.253 e. The minimum Gasteiger partial charge on any atom is -0.341 e. The number of benzene rings is 1. The van der Waals surface area contributed by atoms with Crippen LogP contribution in [0.2, 0.25) is 10.0 Å². The van der Waals surface area contributed by atoms with Crippen molar-refractivity contribution in [3.8, 4) is 0 Å². The van der Waals surface area contributed by atoms with Crippen LogP contribution in [0.15, 0.2) is 18.2 Å². The van der Waals surface area contributed by atoms with Crippen LogP contribution in [0.4, 0.5) is 0 Å². The molecule has 1 aromatic rings. The van der Waals surface area contributed by atoms with Gasteiger partial charge in [0.2, 0.25) is 5.91 Å². The Labute approximate surface area is 153 Å². The highest BCUT2D eigenvalue weighted by atomic mass is 35.5. The van der Waals surface area contributed by atoms with Gasteiger partial charge < -0.3 is 9.80 Å². The van der Waals surface area contributed by atoms with Crippen LogP contribution >= 0.6 is 23.2 Å². The van der Waals surface area contributed by atoms with Gasteiger partial charge in [0, 0.05) is 37.7 Å². The first-order valence-electron chi connectivity index (χ1n) is 8.51. The third-order valence-corrected chi connectivity index (χ3v) is 5.34. The van der Waals surface area contributed by atoms with Crippen LogP contribution in [-0.2, 0) is 4.79 Å². The fourth-order valence-electron chi connectivity index (χ4n) is 3.05. The minimum absolute atomic E-state index is 0.0644. The van der Waals surface area contributed by atoms with E-state index < -0.39 is 0 Å². The van der Waals surface area contributed by atoms with E-state index in [-0.39, 0.29) is 17.7 Å². The van der Waals surface area contributed by atoms with Gasteiger partial charge in [0.15, 0.2) is 0 Å². The maximum absolute atomic E-state index is 12.7. The summed E-state index contributed by atoms with van der Waals surface area (Å²) in [6, 6.07) is 4.93. The quantitative estimate of drug-likeness (QED) is 0.800. The van der Waals surface area contributed by atoms with Crippen LogP contribution in [0.5, 0.6) is 0 Å². The van der Waals surface area contributed by atoms with Crippen LogP contribution in [0.25, 0.3) is 0 Å². The van der Waals surface area contributed by atoms with Crippen molar-refractivity contribution in [1.29, 1.82) is 0 Å². The molecule has 0 atom stereocenters. The van der Waals surface area contributed by atoms with Gasteiger partial charge in [0.05, 0.1) is 10.0 Å². The van der Waals surface area contributed by atoms with Gasteiger partial charge in [0.25, 0.3) is 5.91 Å². The lowest BCUT2D eigenvalue weighted by Crippen LogP contribution is -2.39. The summed E-state index contributed by atoms with van der Waals surface area (Å²) >= 11 is 11.9. The number of hydrogen-bond donors (Lipinski definition) is 0. The molecule has 1 fully saturated rings. The zero-order valence-corrected chi connectivity index (χ0v) is 15.7. The number of nitrogens with zero attached hydrogens (tertiary/aromatic N) is 2. The average Bonchev–Trinajstić information content (AvgIpc) is 2.83. The summed E-state index contributed by atoms with van der Waals surface area (Å²) in [7, 11) is 0. The van der Waals surface area contributed by atoms with E-state index in [0.717, 1.165) is 19.3 Å². The number of rotatable bonds is 4. The van der Waals surface area contributed by atoms with Crippen molar-refractivity contribution in [2.45, 2.75) is 33.1 Å². The van der Waals surface area contributed by atoms with E-state index >= 15 is 0 Å². The normalized spacial score (nSPS) is 15.5. The van der Waals surface area contributed by atoms with E-state index in [1.807, 2.05) is 18.7 Å². The standard InChI is InChI=1S/C18H24Cl2N2O2/c1-3-13(4-2)17(23)21-8-5-9-22(11-10-21)18(24)14-6-7-15(19)16(20)12-14/h6-7,12-13H,3-5,8-11H2,1-2H3. The summed E-state index contributed by atoms with van der Waals surface area (Å²) in [6.45, 7) is 6.58. The third-order valence-electron chi connectivity index (χ3n) is 4.60. The molecule has 4 nitrogen and oxygen atoms in total. The van der Waals surface area contributed by atoms with Crippen LogP contribution in [0.1, 0.15) is 43.5 Å². The molecule has 0 unspecified atom stereocenters. The molecule has 0 bridgehead atoms. The second kappa shape index (κ2) is 8.72. The Kier molecular flexibility index (Phi) is 6.93. The molecule has 2 amide bonds. The van der Waals surface area contributed by atoms with Gasteiger partial charge in [-0.25, -0.2) is 0 Å². The van der Waals surface area contributed by atoms with Gasteiger partial charge in [-0.15, -0.1) is 0 Å². The zero-order chi connectivity index (χ0) is 17.7. The van der Waals surface area contributed by atoms with Gasteiger partial charge in [-0.05, 0) is 37.5 Å². The number of hydrogen-bond acceptors (Lipinski definition) is 2. The van der Waals surface area contributed by atoms with Crippen molar-refractivity contribution >= 4 is 35.0 Å². The highest BCUT2D eigenvalue weighted by molar-refractivity contribution is 6.42. The molecule has 132 valence electrons. The molecule has 1 aliphatic heterocycles. The van der Waals surface area contributed by atoms with Crippen LogP contribution < -0.4 is 0 Å². The Balaban J connectivity index is 2.03. The van der Waals surface area contributed by atoms with Crippen molar-refractivity contribution in [2.24, 2.45) is 5.92 Å². The second-order valence-electron chi connectivity index (χ2n) is 6.11. The molecule has 0 N–H and O–H groups in total. The monoisotopic (exact) mass is 370 g/mol. The molecule has 2 rings (SSSR count). The Morgan fingerprint density at radius 2 is 1.62 bits per heavy atom. The predicted octanol–water partition coefficient (Wildman–Crippen LogP) is 4.10. The first-order valence-corrected chi connectivity index (χ1v) is 9.26. The smallest absolute Gasteiger partial charge is 0.253 e. The van der Waals surface area contributed by atoms with Crippen molar-refractivity contribution in [1.82, 2.24) is 9.80 Å².